The van der Waals surface area contributed by atoms with Gasteiger partial charge in [-0.05, 0) is 44.1 Å². The molecule has 0 bridgehead atoms. The molecule has 0 spiro atoms. The summed E-state index contributed by atoms with van der Waals surface area (Å²) >= 11 is 0. The summed E-state index contributed by atoms with van der Waals surface area (Å²) in [6.45, 7) is 11.1. The molecule has 0 heterocycles. The molecule has 1 aromatic rings. The van der Waals surface area contributed by atoms with Crippen molar-refractivity contribution >= 4 is 29.2 Å². The highest BCUT2D eigenvalue weighted by atomic mass is 16.6. The van der Waals surface area contributed by atoms with Gasteiger partial charge in [0, 0.05) is 17.7 Å². The van der Waals surface area contributed by atoms with Gasteiger partial charge >= 0.3 is 11.9 Å². The van der Waals surface area contributed by atoms with E-state index in [4.69, 9.17) is 9.84 Å². The zero-order chi connectivity index (χ0) is 28.4. The molecule has 1 aromatic carbocycles. The van der Waals surface area contributed by atoms with Gasteiger partial charge in [-0.2, -0.15) is 0 Å². The minimum absolute atomic E-state index is 0.0422. The largest absolute Gasteiger partial charge is 0.478 e. The second kappa shape index (κ2) is 13.2. The van der Waals surface area contributed by atoms with Gasteiger partial charge in [-0.3, -0.25) is 19.7 Å². The molecule has 196 valence electrons. The zero-order valence-electron chi connectivity index (χ0n) is 20.1. The average molecular weight is 507 g/mol. The number of esters is 1. The van der Waals surface area contributed by atoms with Crippen molar-refractivity contribution in [1.82, 2.24) is 0 Å². The van der Waals surface area contributed by atoms with E-state index < -0.39 is 59.3 Å². The van der Waals surface area contributed by atoms with Crippen LogP contribution in [0.5, 0.6) is 0 Å². The number of benzene rings is 1. The second-order valence-corrected chi connectivity index (χ2v) is 7.93. The van der Waals surface area contributed by atoms with Crippen LogP contribution >= 0.6 is 0 Å². The summed E-state index contributed by atoms with van der Waals surface area (Å²) in [5.41, 5.74) is -5.41. The summed E-state index contributed by atoms with van der Waals surface area (Å²) in [6.07, 6.45) is 0. The van der Waals surface area contributed by atoms with Gasteiger partial charge in [-0.25, -0.2) is 9.59 Å². The normalized spacial score (nSPS) is 10.8. The van der Waals surface area contributed by atoms with E-state index in [1.54, 1.807) is 0 Å². The van der Waals surface area contributed by atoms with Gasteiger partial charge in [0.05, 0.1) is 35.7 Å². The minimum atomic E-state index is -2.71. The van der Waals surface area contributed by atoms with Crippen LogP contribution in [0.15, 0.2) is 60.7 Å². The van der Waals surface area contributed by atoms with Crippen molar-refractivity contribution in [3.05, 3.63) is 76.4 Å². The number of nitro groups is 1. The Kier molecular flexibility index (Phi) is 11.7. The molecule has 0 saturated heterocycles. The van der Waals surface area contributed by atoms with Crippen molar-refractivity contribution in [2.75, 3.05) is 19.8 Å². The first-order valence-electron chi connectivity index (χ1n) is 10.2. The number of carbonyl (C=O) groups is 4. The van der Waals surface area contributed by atoms with Crippen molar-refractivity contribution < 1.29 is 49.3 Å². The molecule has 0 amide bonds. The number of Topliss-reactive ketones (excluding diaryl/α,β-unsaturated/α-hetero) is 2. The smallest absolute Gasteiger partial charge is 0.335 e. The van der Waals surface area contributed by atoms with E-state index in [-0.39, 0.29) is 28.0 Å². The molecule has 12 heteroatoms. The molecule has 0 saturated carbocycles. The van der Waals surface area contributed by atoms with E-state index in [0.29, 0.717) is 0 Å². The number of aromatic carboxylic acids is 1. The Hall–Kier alpha value is -4.00. The third-order valence-electron chi connectivity index (χ3n) is 4.99. The minimum Gasteiger partial charge on any atom is -0.478 e. The first-order chi connectivity index (χ1) is 16.6. The number of carbonyl (C=O) groups excluding carboxylic acids is 3. The van der Waals surface area contributed by atoms with E-state index in [1.807, 2.05) is 0 Å². The predicted molar refractivity (Wildman–Crippen MR) is 127 cm³/mol. The van der Waals surface area contributed by atoms with Crippen LogP contribution in [0, 0.1) is 15.5 Å². The van der Waals surface area contributed by atoms with Crippen molar-refractivity contribution in [2.45, 2.75) is 26.4 Å². The Labute approximate surface area is 207 Å². The number of nitrogens with zero attached hydrogens (tertiary/aromatic N) is 1. The number of ether oxygens (including phenoxy) is 1. The molecule has 0 radical (unpaired) electrons. The number of ketones is 2. The molecular weight excluding hydrogens is 478 g/mol. The van der Waals surface area contributed by atoms with Crippen LogP contribution in [0.3, 0.4) is 0 Å². The summed E-state index contributed by atoms with van der Waals surface area (Å²) in [4.78, 5) is 57.5. The highest BCUT2D eigenvalue weighted by Crippen LogP contribution is 2.40. The molecule has 0 aromatic heterocycles. The Morgan fingerprint density at radius 1 is 0.861 bits per heavy atom. The molecular formula is C24H29NO11. The third-order valence-corrected chi connectivity index (χ3v) is 4.99. The van der Waals surface area contributed by atoms with Crippen molar-refractivity contribution in [3.8, 4) is 0 Å². The molecule has 12 nitrogen and oxygen atoms in total. The van der Waals surface area contributed by atoms with E-state index in [9.17, 15) is 44.6 Å². The Morgan fingerprint density at radius 3 is 1.50 bits per heavy atom. The van der Waals surface area contributed by atoms with Crippen molar-refractivity contribution in [2.24, 2.45) is 5.41 Å². The number of aliphatic hydroxyl groups is 3. The maximum atomic E-state index is 12.8. The molecule has 0 unspecified atom stereocenters. The van der Waals surface area contributed by atoms with Crippen molar-refractivity contribution in [1.29, 1.82) is 0 Å². The molecule has 0 aliphatic heterocycles. The zero-order valence-corrected chi connectivity index (χ0v) is 20.1. The quantitative estimate of drug-likeness (QED) is 0.105. The number of carboxylic acids is 1. The molecule has 36 heavy (non-hydrogen) atoms. The monoisotopic (exact) mass is 507 g/mol. The molecule has 4 N–H and O–H groups in total. The van der Waals surface area contributed by atoms with Crippen LogP contribution in [0.4, 0.5) is 5.69 Å². The average Bonchev–Trinajstić information content (AvgIpc) is 2.83. The summed E-state index contributed by atoms with van der Waals surface area (Å²) in [7, 11) is 0. The van der Waals surface area contributed by atoms with Gasteiger partial charge in [-0.1, -0.05) is 19.7 Å². The highest BCUT2D eigenvalue weighted by molar-refractivity contribution is 6.23. The van der Waals surface area contributed by atoms with E-state index in [0.717, 1.165) is 12.1 Å². The number of carboxylic acid groups (broad SMARTS) is 1. The van der Waals surface area contributed by atoms with Crippen LogP contribution in [0.2, 0.25) is 0 Å². The van der Waals surface area contributed by atoms with Crippen molar-refractivity contribution in [3.63, 3.8) is 0 Å². The first-order valence-corrected chi connectivity index (χ1v) is 10.2. The number of aliphatic hydroxyl groups excluding tert-OH is 3. The maximum Gasteiger partial charge on any atom is 0.335 e. The van der Waals surface area contributed by atoms with Crippen LogP contribution in [0.25, 0.3) is 0 Å². The lowest BCUT2D eigenvalue weighted by Crippen LogP contribution is -2.67. The summed E-state index contributed by atoms with van der Waals surface area (Å²) in [5, 5.41) is 47.8. The molecule has 0 aliphatic carbocycles. The van der Waals surface area contributed by atoms with Gasteiger partial charge in [0.25, 0.3) is 5.69 Å². The van der Waals surface area contributed by atoms with E-state index in [1.165, 1.54) is 32.9 Å². The third kappa shape index (κ3) is 6.78. The maximum absolute atomic E-state index is 12.8. The summed E-state index contributed by atoms with van der Waals surface area (Å²) in [6, 6.07) is 4.70. The van der Waals surface area contributed by atoms with E-state index >= 15 is 0 Å². The van der Waals surface area contributed by atoms with Gasteiger partial charge in [0.15, 0.2) is 0 Å². The number of non-ortho nitro benzene ring substituents is 1. The van der Waals surface area contributed by atoms with Crippen LogP contribution < -0.4 is 0 Å². The lowest BCUT2D eigenvalue weighted by molar-refractivity contribution is -0.384. The van der Waals surface area contributed by atoms with Gasteiger partial charge in [0.2, 0.25) is 17.2 Å². The van der Waals surface area contributed by atoms with Crippen LogP contribution in [-0.4, -0.2) is 74.3 Å². The lowest BCUT2D eigenvalue weighted by Gasteiger charge is -2.44. The SMILES string of the molecule is C=C(C)C(=O)OC(C(=O)C(=C)C)(C(=O)C(=C)C)C(CO)(CO)CO.O=C(O)c1ccc([N+](=O)[O-])cc1. The molecule has 0 aliphatic rings. The summed E-state index contributed by atoms with van der Waals surface area (Å²) < 4.78 is 5.14. The van der Waals surface area contributed by atoms with Crippen LogP contribution in [-0.2, 0) is 19.1 Å². The fourth-order valence-corrected chi connectivity index (χ4v) is 2.82. The number of hydrogen-bond acceptors (Lipinski definition) is 10. The first kappa shape index (κ1) is 32.0. The number of rotatable bonds is 12. The van der Waals surface area contributed by atoms with Gasteiger partial charge < -0.3 is 25.2 Å². The second-order valence-electron chi connectivity index (χ2n) is 7.93. The van der Waals surface area contributed by atoms with Gasteiger partial charge in [0.1, 0.15) is 0 Å². The summed E-state index contributed by atoms with van der Waals surface area (Å²) in [5.74, 6) is -4.30. The Morgan fingerprint density at radius 2 is 1.25 bits per heavy atom. The fourth-order valence-electron chi connectivity index (χ4n) is 2.82. The molecule has 0 fully saturated rings. The Balaban J connectivity index is 0.000000846. The van der Waals surface area contributed by atoms with Gasteiger partial charge in [-0.15, -0.1) is 0 Å². The number of hydrogen-bond donors (Lipinski definition) is 4. The predicted octanol–water partition coefficient (Wildman–Crippen LogP) is 1.39. The van der Waals surface area contributed by atoms with E-state index in [2.05, 4.69) is 19.7 Å². The topological polar surface area (TPSA) is 202 Å². The lowest BCUT2D eigenvalue weighted by atomic mass is 9.65. The fraction of sp³-hybridized carbons (Fsp3) is 0.333. The van der Waals surface area contributed by atoms with Crippen LogP contribution in [0.1, 0.15) is 31.1 Å². The molecule has 1 rings (SSSR count). The Bertz CT molecular complexity index is 999. The molecule has 0 atom stereocenters. The highest BCUT2D eigenvalue weighted by Gasteiger charge is 2.64. The standard InChI is InChI=1S/C17H24O7.C7H5NO4/c1-10(2)13(21)17(14(22)11(3)4,24-15(23)12(5)6)16(7-18,8-19)9-20;9-7(10)5-1-3-6(4-2-5)8(11)12/h18-20H,1,3,5,7-9H2,2,4,6H3;1-4H,(H,9,10). The number of nitro benzene ring substituents is 1.